The quantitative estimate of drug-likeness (QED) is 0.659. The summed E-state index contributed by atoms with van der Waals surface area (Å²) in [5, 5.41) is 0. The van der Waals surface area contributed by atoms with E-state index in [0.717, 1.165) is 21.2 Å². The molecule has 0 aliphatic rings. The highest BCUT2D eigenvalue weighted by Crippen LogP contribution is 2.22. The Hall–Kier alpha value is -1.61. The number of aromatic nitrogens is 2. The van der Waals surface area contributed by atoms with Gasteiger partial charge in [0.05, 0.1) is 11.0 Å². The van der Waals surface area contributed by atoms with Crippen molar-refractivity contribution in [1.29, 1.82) is 0 Å². The minimum Gasteiger partial charge on any atom is -0.299 e. The molecule has 0 atom stereocenters. The van der Waals surface area contributed by atoms with Crippen molar-refractivity contribution in [3.63, 3.8) is 0 Å². The van der Waals surface area contributed by atoms with Gasteiger partial charge in [-0.3, -0.25) is 4.57 Å². The van der Waals surface area contributed by atoms with Gasteiger partial charge < -0.3 is 0 Å². The zero-order chi connectivity index (χ0) is 11.8. The number of para-hydroxylation sites is 2. The number of hydrogen-bond donors (Lipinski definition) is 0. The Morgan fingerprint density at radius 2 is 1.94 bits per heavy atom. The lowest BCUT2D eigenvalue weighted by molar-refractivity contribution is 1.09. The first-order valence-corrected chi connectivity index (χ1v) is 6.23. The summed E-state index contributed by atoms with van der Waals surface area (Å²) in [6.07, 6.45) is 1.87. The molecule has 3 heteroatoms. The van der Waals surface area contributed by atoms with Crippen LogP contribution in [0.5, 0.6) is 0 Å². The lowest BCUT2D eigenvalue weighted by atomic mass is 10.2. The van der Waals surface area contributed by atoms with Crippen LogP contribution in [0, 0.1) is 6.92 Å². The number of fused-ring (bicyclic) bond motifs is 1. The Balaban J connectivity index is 2.24. The van der Waals surface area contributed by atoms with E-state index in [9.17, 15) is 0 Å². The second-order valence-electron chi connectivity index (χ2n) is 4.04. The summed E-state index contributed by atoms with van der Waals surface area (Å²) >= 11 is 3.52. The second kappa shape index (κ2) is 4.00. The van der Waals surface area contributed by atoms with Gasteiger partial charge in [-0.2, -0.15) is 0 Å². The van der Waals surface area contributed by atoms with Crippen molar-refractivity contribution in [2.75, 3.05) is 0 Å². The molecule has 0 radical (unpaired) electrons. The largest absolute Gasteiger partial charge is 0.299 e. The standard InChI is InChI=1S/C14H11BrN2/c1-10-8-11(6-7-12(10)15)17-9-16-13-4-2-3-5-14(13)17/h2-9H,1H3. The van der Waals surface area contributed by atoms with Gasteiger partial charge in [0, 0.05) is 10.2 Å². The van der Waals surface area contributed by atoms with Crippen molar-refractivity contribution in [3.8, 4) is 5.69 Å². The predicted molar refractivity (Wildman–Crippen MR) is 73.5 cm³/mol. The highest BCUT2D eigenvalue weighted by Gasteiger charge is 2.04. The Morgan fingerprint density at radius 3 is 2.76 bits per heavy atom. The molecule has 0 amide bonds. The van der Waals surface area contributed by atoms with E-state index in [1.807, 2.05) is 24.5 Å². The molecule has 2 aromatic carbocycles. The van der Waals surface area contributed by atoms with Crippen LogP contribution in [-0.2, 0) is 0 Å². The van der Waals surface area contributed by atoms with Crippen LogP contribution in [0.3, 0.4) is 0 Å². The molecule has 0 aliphatic heterocycles. The van der Waals surface area contributed by atoms with Gasteiger partial charge in [0.1, 0.15) is 6.33 Å². The Morgan fingerprint density at radius 1 is 1.12 bits per heavy atom. The molecule has 3 aromatic rings. The number of hydrogen-bond acceptors (Lipinski definition) is 1. The van der Waals surface area contributed by atoms with Crippen molar-refractivity contribution in [1.82, 2.24) is 9.55 Å². The molecule has 17 heavy (non-hydrogen) atoms. The van der Waals surface area contributed by atoms with Gasteiger partial charge in [-0.25, -0.2) is 4.98 Å². The van der Waals surface area contributed by atoms with Gasteiger partial charge in [0.25, 0.3) is 0 Å². The van der Waals surface area contributed by atoms with E-state index in [1.54, 1.807) is 0 Å². The van der Waals surface area contributed by atoms with Gasteiger partial charge >= 0.3 is 0 Å². The summed E-state index contributed by atoms with van der Waals surface area (Å²) in [5.41, 5.74) is 4.52. The van der Waals surface area contributed by atoms with Crippen LogP contribution in [0.25, 0.3) is 16.7 Å². The van der Waals surface area contributed by atoms with Crippen molar-refractivity contribution in [3.05, 3.63) is 58.8 Å². The third kappa shape index (κ3) is 1.76. The molecule has 1 aromatic heterocycles. The Kier molecular flexibility index (Phi) is 2.48. The van der Waals surface area contributed by atoms with Crippen molar-refractivity contribution in [2.24, 2.45) is 0 Å². The van der Waals surface area contributed by atoms with Gasteiger partial charge in [-0.05, 0) is 42.8 Å². The molecule has 0 N–H and O–H groups in total. The number of rotatable bonds is 1. The van der Waals surface area contributed by atoms with E-state index in [-0.39, 0.29) is 0 Å². The second-order valence-corrected chi connectivity index (χ2v) is 4.89. The fourth-order valence-corrected chi connectivity index (χ4v) is 2.19. The van der Waals surface area contributed by atoms with E-state index >= 15 is 0 Å². The molecule has 0 fully saturated rings. The Labute approximate surface area is 108 Å². The zero-order valence-corrected chi connectivity index (χ0v) is 11.0. The minimum absolute atomic E-state index is 1.02. The van der Waals surface area contributed by atoms with E-state index < -0.39 is 0 Å². The van der Waals surface area contributed by atoms with Gasteiger partial charge in [-0.1, -0.05) is 28.1 Å². The summed E-state index contributed by atoms with van der Waals surface area (Å²) in [7, 11) is 0. The molecule has 2 nitrogen and oxygen atoms in total. The average molecular weight is 287 g/mol. The lowest BCUT2D eigenvalue weighted by Crippen LogP contribution is -1.92. The molecule has 84 valence electrons. The molecule has 0 saturated heterocycles. The first-order valence-electron chi connectivity index (χ1n) is 5.44. The molecule has 3 rings (SSSR count). The van der Waals surface area contributed by atoms with Crippen LogP contribution < -0.4 is 0 Å². The van der Waals surface area contributed by atoms with Crippen LogP contribution in [0.1, 0.15) is 5.56 Å². The molecule has 0 bridgehead atoms. The van der Waals surface area contributed by atoms with E-state index in [2.05, 4.69) is 56.7 Å². The van der Waals surface area contributed by atoms with Crippen molar-refractivity contribution < 1.29 is 0 Å². The molecule has 1 heterocycles. The van der Waals surface area contributed by atoms with E-state index in [0.29, 0.717) is 0 Å². The minimum atomic E-state index is 1.02. The third-order valence-corrected chi connectivity index (χ3v) is 3.76. The van der Waals surface area contributed by atoms with E-state index in [1.165, 1.54) is 5.56 Å². The van der Waals surface area contributed by atoms with Crippen LogP contribution >= 0.6 is 15.9 Å². The molecule has 0 aliphatic carbocycles. The van der Waals surface area contributed by atoms with Crippen LogP contribution in [0.2, 0.25) is 0 Å². The van der Waals surface area contributed by atoms with Crippen LogP contribution in [0.4, 0.5) is 0 Å². The maximum absolute atomic E-state index is 4.40. The summed E-state index contributed by atoms with van der Waals surface area (Å²) in [4.78, 5) is 4.40. The maximum atomic E-state index is 4.40. The first kappa shape index (κ1) is 10.5. The lowest BCUT2D eigenvalue weighted by Gasteiger charge is -2.06. The smallest absolute Gasteiger partial charge is 0.100 e. The number of benzene rings is 2. The van der Waals surface area contributed by atoms with Gasteiger partial charge in [-0.15, -0.1) is 0 Å². The molecule has 0 spiro atoms. The molecule has 0 saturated carbocycles. The fourth-order valence-electron chi connectivity index (χ4n) is 1.94. The Bertz CT molecular complexity index is 686. The molecule has 0 unspecified atom stereocenters. The predicted octanol–water partition coefficient (Wildman–Crippen LogP) is 4.10. The normalized spacial score (nSPS) is 10.9. The topological polar surface area (TPSA) is 17.8 Å². The number of imidazole rings is 1. The monoisotopic (exact) mass is 286 g/mol. The first-order chi connectivity index (χ1) is 8.25. The van der Waals surface area contributed by atoms with E-state index in [4.69, 9.17) is 0 Å². The maximum Gasteiger partial charge on any atom is 0.100 e. The third-order valence-electron chi connectivity index (χ3n) is 2.87. The fraction of sp³-hybridized carbons (Fsp3) is 0.0714. The highest BCUT2D eigenvalue weighted by molar-refractivity contribution is 9.10. The average Bonchev–Trinajstić information content (AvgIpc) is 2.76. The van der Waals surface area contributed by atoms with Gasteiger partial charge in [0.2, 0.25) is 0 Å². The zero-order valence-electron chi connectivity index (χ0n) is 9.39. The van der Waals surface area contributed by atoms with Crippen molar-refractivity contribution in [2.45, 2.75) is 6.92 Å². The van der Waals surface area contributed by atoms with Crippen LogP contribution in [-0.4, -0.2) is 9.55 Å². The van der Waals surface area contributed by atoms with Crippen molar-refractivity contribution >= 4 is 27.0 Å². The summed E-state index contributed by atoms with van der Waals surface area (Å²) in [6, 6.07) is 14.5. The number of halogens is 1. The van der Waals surface area contributed by atoms with Crippen LogP contribution in [0.15, 0.2) is 53.3 Å². The summed E-state index contributed by atoms with van der Waals surface area (Å²) in [5.74, 6) is 0. The molecular weight excluding hydrogens is 276 g/mol. The summed E-state index contributed by atoms with van der Waals surface area (Å²) in [6.45, 7) is 2.09. The summed E-state index contributed by atoms with van der Waals surface area (Å²) < 4.78 is 3.24. The number of aryl methyl sites for hydroxylation is 1. The SMILES string of the molecule is Cc1cc(-n2cnc3ccccc32)ccc1Br. The molecular formula is C14H11BrN2. The number of nitrogens with zero attached hydrogens (tertiary/aromatic N) is 2. The highest BCUT2D eigenvalue weighted by atomic mass is 79.9. The van der Waals surface area contributed by atoms with Gasteiger partial charge in [0.15, 0.2) is 0 Å².